The van der Waals surface area contributed by atoms with E-state index in [1.54, 1.807) is 0 Å². The quantitative estimate of drug-likeness (QED) is 0.792. The molecular weight excluding hydrogens is 306 g/mol. The van der Waals surface area contributed by atoms with Gasteiger partial charge in [0.2, 0.25) is 5.60 Å². The number of nitrogens with one attached hydrogen (secondary N) is 1. The maximum Gasteiger partial charge on any atom is 0.348 e. The second-order valence-electron chi connectivity index (χ2n) is 5.10. The number of esters is 1. The SMILES string of the molecule is CCOC(C(=O)OCC(=O)NC)(c1ccccc1)c1ccccc1. The highest BCUT2D eigenvalue weighted by atomic mass is 16.6. The van der Waals surface area contributed by atoms with E-state index in [1.807, 2.05) is 67.6 Å². The molecule has 0 saturated heterocycles. The monoisotopic (exact) mass is 327 g/mol. The van der Waals surface area contributed by atoms with Gasteiger partial charge < -0.3 is 14.8 Å². The van der Waals surface area contributed by atoms with Crippen LogP contribution in [-0.2, 0) is 24.7 Å². The first-order valence-electron chi connectivity index (χ1n) is 7.78. The van der Waals surface area contributed by atoms with E-state index in [-0.39, 0.29) is 12.5 Å². The Morgan fingerprint density at radius 3 is 1.88 bits per heavy atom. The van der Waals surface area contributed by atoms with E-state index in [2.05, 4.69) is 5.32 Å². The molecule has 1 amide bonds. The third-order valence-corrected chi connectivity index (χ3v) is 3.62. The number of hydrogen-bond acceptors (Lipinski definition) is 4. The van der Waals surface area contributed by atoms with Crippen LogP contribution in [0.2, 0.25) is 0 Å². The van der Waals surface area contributed by atoms with Gasteiger partial charge in [0.25, 0.3) is 5.91 Å². The minimum atomic E-state index is -1.41. The van der Waals surface area contributed by atoms with Crippen molar-refractivity contribution in [2.75, 3.05) is 20.3 Å². The molecule has 0 aromatic heterocycles. The molecule has 0 atom stereocenters. The number of likely N-dealkylation sites (N-methyl/N-ethyl adjacent to an activating group) is 1. The number of amides is 1. The molecule has 0 aliphatic rings. The molecule has 126 valence electrons. The molecule has 0 aliphatic heterocycles. The Kier molecular flexibility index (Phi) is 6.09. The number of rotatable bonds is 7. The summed E-state index contributed by atoms with van der Waals surface area (Å²) in [6.45, 7) is 1.76. The van der Waals surface area contributed by atoms with Crippen LogP contribution < -0.4 is 5.32 Å². The van der Waals surface area contributed by atoms with Crippen LogP contribution in [0.1, 0.15) is 18.1 Å². The minimum absolute atomic E-state index is 0.304. The van der Waals surface area contributed by atoms with Crippen molar-refractivity contribution < 1.29 is 19.1 Å². The lowest BCUT2D eigenvalue weighted by atomic mass is 9.86. The van der Waals surface area contributed by atoms with Crippen molar-refractivity contribution >= 4 is 11.9 Å². The zero-order chi connectivity index (χ0) is 17.4. The highest BCUT2D eigenvalue weighted by Gasteiger charge is 2.45. The molecule has 0 unspecified atom stereocenters. The van der Waals surface area contributed by atoms with Crippen molar-refractivity contribution in [3.8, 4) is 0 Å². The molecule has 0 heterocycles. The number of benzene rings is 2. The van der Waals surface area contributed by atoms with Crippen LogP contribution in [0, 0.1) is 0 Å². The van der Waals surface area contributed by atoms with Crippen LogP contribution in [0.15, 0.2) is 60.7 Å². The van der Waals surface area contributed by atoms with Gasteiger partial charge in [0, 0.05) is 13.7 Å². The maximum absolute atomic E-state index is 12.9. The summed E-state index contributed by atoms with van der Waals surface area (Å²) in [6.07, 6.45) is 0. The van der Waals surface area contributed by atoms with Crippen molar-refractivity contribution in [1.82, 2.24) is 5.32 Å². The van der Waals surface area contributed by atoms with Gasteiger partial charge in [-0.15, -0.1) is 0 Å². The van der Waals surface area contributed by atoms with Gasteiger partial charge in [0.15, 0.2) is 6.61 Å². The summed E-state index contributed by atoms with van der Waals surface area (Å²) < 4.78 is 11.2. The summed E-state index contributed by atoms with van der Waals surface area (Å²) in [5.41, 5.74) is -0.106. The Morgan fingerprint density at radius 2 is 1.46 bits per heavy atom. The second kappa shape index (κ2) is 8.26. The lowest BCUT2D eigenvalue weighted by Crippen LogP contribution is -2.42. The smallest absolute Gasteiger partial charge is 0.348 e. The molecule has 0 fully saturated rings. The fraction of sp³-hybridized carbons (Fsp3) is 0.263. The summed E-state index contributed by atoms with van der Waals surface area (Å²) in [5, 5.41) is 2.43. The summed E-state index contributed by atoms with van der Waals surface area (Å²) >= 11 is 0. The summed E-state index contributed by atoms with van der Waals surface area (Å²) in [5.74, 6) is -1.000. The maximum atomic E-state index is 12.9. The third-order valence-electron chi connectivity index (χ3n) is 3.62. The highest BCUT2D eigenvalue weighted by Crippen LogP contribution is 2.35. The zero-order valence-corrected chi connectivity index (χ0v) is 13.8. The first-order chi connectivity index (χ1) is 11.6. The lowest BCUT2D eigenvalue weighted by Gasteiger charge is -2.32. The van der Waals surface area contributed by atoms with Gasteiger partial charge in [-0.25, -0.2) is 4.79 Å². The topological polar surface area (TPSA) is 64.6 Å². The molecule has 0 aliphatic carbocycles. The average Bonchev–Trinajstić information content (AvgIpc) is 2.65. The van der Waals surface area contributed by atoms with Crippen LogP contribution >= 0.6 is 0 Å². The Bertz CT molecular complexity index is 631. The lowest BCUT2D eigenvalue weighted by molar-refractivity contribution is -0.170. The Labute approximate surface area is 141 Å². The Morgan fingerprint density at radius 1 is 0.958 bits per heavy atom. The number of hydrogen-bond donors (Lipinski definition) is 1. The molecule has 1 N–H and O–H groups in total. The molecule has 0 bridgehead atoms. The van der Waals surface area contributed by atoms with E-state index in [1.165, 1.54) is 7.05 Å². The average molecular weight is 327 g/mol. The van der Waals surface area contributed by atoms with E-state index in [4.69, 9.17) is 9.47 Å². The van der Waals surface area contributed by atoms with Crippen molar-refractivity contribution in [3.63, 3.8) is 0 Å². The molecule has 24 heavy (non-hydrogen) atoms. The Hall–Kier alpha value is -2.66. The van der Waals surface area contributed by atoms with Crippen LogP contribution in [0.25, 0.3) is 0 Å². The van der Waals surface area contributed by atoms with Gasteiger partial charge in [-0.05, 0) is 18.1 Å². The van der Waals surface area contributed by atoms with Crippen molar-refractivity contribution in [1.29, 1.82) is 0 Å². The first-order valence-corrected chi connectivity index (χ1v) is 7.78. The standard InChI is InChI=1S/C19H21NO4/c1-3-24-19(15-10-6-4-7-11-15,16-12-8-5-9-13-16)18(22)23-14-17(21)20-2/h4-13H,3,14H2,1-2H3,(H,20,21). The largest absolute Gasteiger partial charge is 0.453 e. The van der Waals surface area contributed by atoms with Gasteiger partial charge in [-0.1, -0.05) is 60.7 Å². The summed E-state index contributed by atoms with van der Waals surface area (Å²) in [7, 11) is 1.49. The molecular formula is C19H21NO4. The van der Waals surface area contributed by atoms with E-state index in [9.17, 15) is 9.59 Å². The van der Waals surface area contributed by atoms with Crippen LogP contribution in [-0.4, -0.2) is 32.1 Å². The van der Waals surface area contributed by atoms with Crippen molar-refractivity contribution in [2.45, 2.75) is 12.5 Å². The van der Waals surface area contributed by atoms with Crippen LogP contribution in [0.5, 0.6) is 0 Å². The molecule has 0 saturated carbocycles. The third kappa shape index (κ3) is 3.63. The van der Waals surface area contributed by atoms with Crippen molar-refractivity contribution in [2.24, 2.45) is 0 Å². The zero-order valence-electron chi connectivity index (χ0n) is 13.8. The summed E-state index contributed by atoms with van der Waals surface area (Å²) in [6, 6.07) is 18.3. The highest BCUT2D eigenvalue weighted by molar-refractivity contribution is 5.88. The minimum Gasteiger partial charge on any atom is -0.453 e. The molecule has 2 aromatic carbocycles. The predicted octanol–water partition coefficient (Wildman–Crippen LogP) is 2.26. The van der Waals surface area contributed by atoms with E-state index in [0.29, 0.717) is 17.7 Å². The first kappa shape index (κ1) is 17.7. The molecule has 2 aromatic rings. The van der Waals surface area contributed by atoms with Crippen molar-refractivity contribution in [3.05, 3.63) is 71.8 Å². The molecule has 5 nitrogen and oxygen atoms in total. The second-order valence-corrected chi connectivity index (χ2v) is 5.10. The van der Waals surface area contributed by atoms with Gasteiger partial charge in [0.05, 0.1) is 0 Å². The van der Waals surface area contributed by atoms with Gasteiger partial charge >= 0.3 is 5.97 Å². The number of ether oxygens (including phenoxy) is 2. The van der Waals surface area contributed by atoms with E-state index in [0.717, 1.165) is 0 Å². The van der Waals surface area contributed by atoms with Gasteiger partial charge in [0.1, 0.15) is 0 Å². The number of carbonyl (C=O) groups is 2. The van der Waals surface area contributed by atoms with E-state index >= 15 is 0 Å². The predicted molar refractivity (Wildman–Crippen MR) is 90.3 cm³/mol. The molecule has 2 rings (SSSR count). The fourth-order valence-electron chi connectivity index (χ4n) is 2.50. The summed E-state index contributed by atoms with van der Waals surface area (Å²) in [4.78, 5) is 24.4. The van der Waals surface area contributed by atoms with Gasteiger partial charge in [-0.2, -0.15) is 0 Å². The Balaban J connectivity index is 2.50. The van der Waals surface area contributed by atoms with E-state index < -0.39 is 11.6 Å². The van der Waals surface area contributed by atoms with Gasteiger partial charge in [-0.3, -0.25) is 4.79 Å². The van der Waals surface area contributed by atoms with Crippen LogP contribution in [0.4, 0.5) is 0 Å². The molecule has 0 radical (unpaired) electrons. The number of carbonyl (C=O) groups excluding carboxylic acids is 2. The fourth-order valence-corrected chi connectivity index (χ4v) is 2.50. The van der Waals surface area contributed by atoms with Crippen LogP contribution in [0.3, 0.4) is 0 Å². The normalized spacial score (nSPS) is 10.9. The molecule has 0 spiro atoms. The molecule has 5 heteroatoms.